The lowest BCUT2D eigenvalue weighted by Gasteiger charge is -2.39. The van der Waals surface area contributed by atoms with Gasteiger partial charge in [-0.1, -0.05) is 36.7 Å². The van der Waals surface area contributed by atoms with Gasteiger partial charge >= 0.3 is 0 Å². The third-order valence-electron chi connectivity index (χ3n) is 5.56. The van der Waals surface area contributed by atoms with E-state index in [-0.39, 0.29) is 21.9 Å². The summed E-state index contributed by atoms with van der Waals surface area (Å²) in [6.45, 7) is 6.96. The summed E-state index contributed by atoms with van der Waals surface area (Å²) in [6, 6.07) is 0. The van der Waals surface area contributed by atoms with Crippen LogP contribution in [-0.2, 0) is 9.59 Å². The smallest absolute Gasteiger partial charge is 0.228 e. The Morgan fingerprint density at radius 1 is 1.44 bits per heavy atom. The predicted molar refractivity (Wildman–Crippen MR) is 73.3 cm³/mol. The van der Waals surface area contributed by atoms with Crippen LogP contribution in [0.1, 0.15) is 33.6 Å². The molecule has 18 heavy (non-hydrogen) atoms. The second-order valence-electron chi connectivity index (χ2n) is 6.20. The van der Waals surface area contributed by atoms with Crippen LogP contribution in [0.5, 0.6) is 0 Å². The van der Waals surface area contributed by atoms with Crippen LogP contribution in [-0.4, -0.2) is 29.6 Å². The Bertz CT molecular complexity index is 410. The number of Topliss-reactive ketones (excluding diaryl/α,β-unsaturated/α-hetero) is 1. The van der Waals surface area contributed by atoms with Gasteiger partial charge in [0.05, 0.1) is 10.2 Å². The Morgan fingerprint density at radius 2 is 2.06 bits per heavy atom. The van der Waals surface area contributed by atoms with Gasteiger partial charge in [0, 0.05) is 18.5 Å². The van der Waals surface area contributed by atoms with Crippen molar-refractivity contribution in [1.82, 2.24) is 5.32 Å². The molecule has 1 amide bonds. The van der Waals surface area contributed by atoms with Crippen molar-refractivity contribution in [3.63, 3.8) is 0 Å². The zero-order chi connectivity index (χ0) is 13.8. The third kappa shape index (κ3) is 1.29. The van der Waals surface area contributed by atoms with Gasteiger partial charge in [0.25, 0.3) is 0 Å². The van der Waals surface area contributed by atoms with Crippen LogP contribution >= 0.6 is 15.9 Å². The molecule has 0 aromatic carbocycles. The monoisotopic (exact) mass is 316 g/mol. The summed E-state index contributed by atoms with van der Waals surface area (Å²) in [4.78, 5) is 24.6. The van der Waals surface area contributed by atoms with Crippen LogP contribution in [0.4, 0.5) is 0 Å². The lowest BCUT2D eigenvalue weighted by Crippen LogP contribution is -2.51. The van der Waals surface area contributed by atoms with Gasteiger partial charge in [-0.3, -0.25) is 9.59 Å². The maximum absolute atomic E-state index is 12.5. The summed E-state index contributed by atoms with van der Waals surface area (Å²) in [5, 5.41) is 2.87. The summed E-state index contributed by atoms with van der Waals surface area (Å²) >= 11 is 3.48. The zero-order valence-corrected chi connectivity index (χ0v) is 12.8. The molecule has 0 aliphatic heterocycles. The Labute approximate surface area is 116 Å². The van der Waals surface area contributed by atoms with E-state index in [9.17, 15) is 9.59 Å². The molecule has 2 bridgehead atoms. The number of halogens is 1. The van der Waals surface area contributed by atoms with E-state index in [1.54, 1.807) is 0 Å². The minimum Gasteiger partial charge on any atom is -0.354 e. The van der Waals surface area contributed by atoms with E-state index in [4.69, 9.17) is 5.73 Å². The molecule has 0 heterocycles. The van der Waals surface area contributed by atoms with Crippen LogP contribution in [0, 0.1) is 16.2 Å². The van der Waals surface area contributed by atoms with Crippen molar-refractivity contribution in [3.05, 3.63) is 0 Å². The first-order chi connectivity index (χ1) is 8.25. The van der Waals surface area contributed by atoms with Crippen LogP contribution in [0.25, 0.3) is 0 Å². The van der Waals surface area contributed by atoms with Gasteiger partial charge in [0.1, 0.15) is 0 Å². The molecule has 0 spiro atoms. The molecule has 0 unspecified atom stereocenters. The first kappa shape index (κ1) is 14.0. The van der Waals surface area contributed by atoms with E-state index < -0.39 is 10.8 Å². The van der Waals surface area contributed by atoms with Gasteiger partial charge in [0.2, 0.25) is 5.91 Å². The fourth-order valence-electron chi connectivity index (χ4n) is 3.80. The van der Waals surface area contributed by atoms with Crippen LogP contribution < -0.4 is 11.1 Å². The molecule has 2 aliphatic carbocycles. The van der Waals surface area contributed by atoms with Gasteiger partial charge in [-0.2, -0.15) is 0 Å². The highest BCUT2D eigenvalue weighted by molar-refractivity contribution is 9.10. The third-order valence-corrected chi connectivity index (χ3v) is 6.75. The summed E-state index contributed by atoms with van der Waals surface area (Å²) in [5.74, 6) is 0.135. The van der Waals surface area contributed by atoms with Crippen molar-refractivity contribution in [2.75, 3.05) is 13.1 Å². The maximum atomic E-state index is 12.5. The Hall–Kier alpha value is -0.420. The molecule has 2 fully saturated rings. The largest absolute Gasteiger partial charge is 0.354 e. The maximum Gasteiger partial charge on any atom is 0.228 e. The quantitative estimate of drug-likeness (QED) is 0.769. The fraction of sp³-hybridized carbons (Fsp3) is 0.846. The number of hydrogen-bond donors (Lipinski definition) is 2. The molecule has 0 radical (unpaired) electrons. The highest BCUT2D eigenvalue weighted by atomic mass is 79.9. The van der Waals surface area contributed by atoms with E-state index in [1.807, 2.05) is 20.8 Å². The first-order valence-corrected chi connectivity index (χ1v) is 7.34. The number of carbonyl (C=O) groups is 2. The van der Waals surface area contributed by atoms with Crippen molar-refractivity contribution < 1.29 is 9.59 Å². The van der Waals surface area contributed by atoms with E-state index in [0.717, 1.165) is 12.8 Å². The number of nitrogens with two attached hydrogens (primary N) is 1. The van der Waals surface area contributed by atoms with Crippen molar-refractivity contribution in [3.8, 4) is 0 Å². The Kier molecular flexibility index (Phi) is 3.14. The molecule has 2 rings (SSSR count). The molecule has 5 heteroatoms. The Balaban J connectivity index is 2.43. The first-order valence-electron chi connectivity index (χ1n) is 6.42. The molecule has 102 valence electrons. The lowest BCUT2D eigenvalue weighted by atomic mass is 9.64. The number of nitrogens with one attached hydrogen (secondary N) is 1. The van der Waals surface area contributed by atoms with E-state index in [1.165, 1.54) is 0 Å². The molecule has 3 atom stereocenters. The molecule has 3 N–H and O–H groups in total. The number of rotatable bonds is 3. The standard InChI is InChI=1S/C13H21BrN2O2/c1-11(2)12(3)4-5-13(11,8(14)9(12)17)10(18)16-7-6-15/h8H,4-7,15H2,1-3H3,(H,16,18)/t8-,12+,13-/m1/s1. The van der Waals surface area contributed by atoms with E-state index >= 15 is 0 Å². The number of carbonyl (C=O) groups excluding carboxylic acids is 2. The van der Waals surface area contributed by atoms with Gasteiger partial charge < -0.3 is 11.1 Å². The second-order valence-corrected chi connectivity index (χ2v) is 7.12. The van der Waals surface area contributed by atoms with Crippen molar-refractivity contribution in [2.24, 2.45) is 22.0 Å². The molecule has 0 aromatic heterocycles. The van der Waals surface area contributed by atoms with Crippen molar-refractivity contribution in [2.45, 2.75) is 38.4 Å². The molecule has 0 aromatic rings. The summed E-state index contributed by atoms with van der Waals surface area (Å²) in [7, 11) is 0. The number of hydrogen-bond acceptors (Lipinski definition) is 3. The molecule has 2 aliphatic rings. The predicted octanol–water partition coefficient (Wildman–Crippen LogP) is 1.22. The number of amides is 1. The SMILES string of the molecule is CC1(C)[C@@]2(C)CC[C@]1(C(=O)NCCN)[C@H](Br)C2=O. The molecule has 0 saturated heterocycles. The molecule has 2 saturated carbocycles. The average molecular weight is 317 g/mol. The van der Waals surface area contributed by atoms with Crippen LogP contribution in [0.2, 0.25) is 0 Å². The van der Waals surface area contributed by atoms with Gasteiger partial charge in [-0.15, -0.1) is 0 Å². The normalized spacial score (nSPS) is 41.2. The molecular weight excluding hydrogens is 296 g/mol. The lowest BCUT2D eigenvalue weighted by molar-refractivity contribution is -0.135. The summed E-state index contributed by atoms with van der Waals surface area (Å²) < 4.78 is 0. The summed E-state index contributed by atoms with van der Waals surface area (Å²) in [6.07, 6.45) is 1.55. The number of ketones is 1. The minimum atomic E-state index is -0.631. The van der Waals surface area contributed by atoms with Crippen LogP contribution in [0.15, 0.2) is 0 Å². The second kappa shape index (κ2) is 4.04. The van der Waals surface area contributed by atoms with Gasteiger partial charge in [0.15, 0.2) is 5.78 Å². The van der Waals surface area contributed by atoms with Gasteiger partial charge in [-0.25, -0.2) is 0 Å². The highest BCUT2D eigenvalue weighted by Crippen LogP contribution is 2.72. The average Bonchev–Trinajstić information content (AvgIpc) is 2.59. The number of alkyl halides is 1. The minimum absolute atomic E-state index is 0.0330. The van der Waals surface area contributed by atoms with Gasteiger partial charge in [-0.05, 0) is 18.3 Å². The van der Waals surface area contributed by atoms with Crippen LogP contribution in [0.3, 0.4) is 0 Å². The molecular formula is C13H21BrN2O2. The van der Waals surface area contributed by atoms with E-state index in [2.05, 4.69) is 21.2 Å². The zero-order valence-electron chi connectivity index (χ0n) is 11.2. The topological polar surface area (TPSA) is 72.2 Å². The number of fused-ring (bicyclic) bond motifs is 2. The summed E-state index contributed by atoms with van der Waals surface area (Å²) in [5.41, 5.74) is 4.07. The van der Waals surface area contributed by atoms with Crippen molar-refractivity contribution in [1.29, 1.82) is 0 Å². The Morgan fingerprint density at radius 3 is 2.50 bits per heavy atom. The fourth-order valence-corrected chi connectivity index (χ4v) is 5.31. The van der Waals surface area contributed by atoms with E-state index in [0.29, 0.717) is 13.1 Å². The van der Waals surface area contributed by atoms with Crippen molar-refractivity contribution >= 4 is 27.6 Å². The molecule has 4 nitrogen and oxygen atoms in total. The highest BCUT2D eigenvalue weighted by Gasteiger charge is 2.76.